The Labute approximate surface area is 116 Å². The molecule has 0 heterocycles. The minimum atomic E-state index is -1.11. The van der Waals surface area contributed by atoms with Crippen molar-refractivity contribution in [1.82, 2.24) is 0 Å². The van der Waals surface area contributed by atoms with Gasteiger partial charge in [0, 0.05) is 0 Å². The molecule has 0 bridgehead atoms. The van der Waals surface area contributed by atoms with Crippen molar-refractivity contribution in [2.24, 2.45) is 0 Å². The van der Waals surface area contributed by atoms with E-state index in [0.29, 0.717) is 5.75 Å². The summed E-state index contributed by atoms with van der Waals surface area (Å²) in [5.74, 6) is -0.277. The molecule has 0 unspecified atom stereocenters. The number of benzene rings is 2. The summed E-state index contributed by atoms with van der Waals surface area (Å²) in [6.07, 6.45) is 0. The van der Waals surface area contributed by atoms with Gasteiger partial charge in [-0.25, -0.2) is 4.79 Å². The lowest BCUT2D eigenvalue weighted by atomic mass is 10.1. The van der Waals surface area contributed by atoms with Gasteiger partial charge in [-0.1, -0.05) is 23.7 Å². The maximum atomic E-state index is 11.2. The van der Waals surface area contributed by atoms with Crippen molar-refractivity contribution >= 4 is 17.6 Å². The van der Waals surface area contributed by atoms with Crippen LogP contribution in [0.15, 0.2) is 36.4 Å². The molecule has 3 nitrogen and oxygen atoms in total. The molecule has 2 aromatic rings. The first-order valence-electron chi connectivity index (χ1n) is 5.76. The highest BCUT2D eigenvalue weighted by atomic mass is 35.5. The maximum absolute atomic E-state index is 11.2. The molecule has 0 aliphatic rings. The van der Waals surface area contributed by atoms with Gasteiger partial charge in [-0.05, 0) is 49.2 Å². The van der Waals surface area contributed by atoms with Crippen molar-refractivity contribution in [1.29, 1.82) is 0 Å². The highest BCUT2D eigenvalue weighted by molar-refractivity contribution is 6.33. The van der Waals surface area contributed by atoms with E-state index in [1.54, 1.807) is 18.2 Å². The van der Waals surface area contributed by atoms with Crippen LogP contribution in [0, 0.1) is 13.8 Å². The molecule has 0 amide bonds. The van der Waals surface area contributed by atoms with Crippen LogP contribution < -0.4 is 4.74 Å². The average Bonchev–Trinajstić information content (AvgIpc) is 2.33. The number of hydrogen-bond acceptors (Lipinski definition) is 2. The number of rotatable bonds is 3. The number of halogens is 1. The molecule has 19 heavy (non-hydrogen) atoms. The molecule has 0 saturated heterocycles. The second kappa shape index (κ2) is 5.33. The van der Waals surface area contributed by atoms with E-state index in [2.05, 4.69) is 0 Å². The van der Waals surface area contributed by atoms with Gasteiger partial charge in [-0.2, -0.15) is 0 Å². The van der Waals surface area contributed by atoms with Crippen LogP contribution in [0.4, 0.5) is 0 Å². The number of aromatic carboxylic acids is 1. The van der Waals surface area contributed by atoms with Gasteiger partial charge in [0.1, 0.15) is 17.1 Å². The molecule has 0 aliphatic carbocycles. The Balaban J connectivity index is 2.40. The monoisotopic (exact) mass is 276 g/mol. The molecule has 0 saturated carbocycles. The van der Waals surface area contributed by atoms with Crippen LogP contribution in [0.1, 0.15) is 21.5 Å². The number of carboxylic acid groups (broad SMARTS) is 1. The first-order valence-corrected chi connectivity index (χ1v) is 6.13. The van der Waals surface area contributed by atoms with Crippen LogP contribution in [0.2, 0.25) is 5.02 Å². The van der Waals surface area contributed by atoms with Crippen molar-refractivity contribution in [2.75, 3.05) is 0 Å². The van der Waals surface area contributed by atoms with Crippen LogP contribution in [0.3, 0.4) is 0 Å². The summed E-state index contributed by atoms with van der Waals surface area (Å²) in [5.41, 5.74) is 2.20. The molecular weight excluding hydrogens is 264 g/mol. The van der Waals surface area contributed by atoms with Crippen molar-refractivity contribution < 1.29 is 14.6 Å². The molecule has 2 rings (SSSR count). The van der Waals surface area contributed by atoms with Crippen molar-refractivity contribution in [3.05, 3.63) is 58.1 Å². The average molecular weight is 277 g/mol. The Morgan fingerprint density at radius 2 is 1.89 bits per heavy atom. The van der Waals surface area contributed by atoms with Gasteiger partial charge in [0.25, 0.3) is 0 Å². The second-order valence-corrected chi connectivity index (χ2v) is 4.67. The van der Waals surface area contributed by atoms with Crippen LogP contribution in [0.25, 0.3) is 0 Å². The summed E-state index contributed by atoms with van der Waals surface area (Å²) in [7, 11) is 0. The molecule has 0 spiro atoms. The SMILES string of the molecule is Cc1ccc(Oc2cccc(Cl)c2C(=O)O)cc1C. The topological polar surface area (TPSA) is 46.5 Å². The fourth-order valence-electron chi connectivity index (χ4n) is 1.70. The summed E-state index contributed by atoms with van der Waals surface area (Å²) in [6.45, 7) is 3.97. The van der Waals surface area contributed by atoms with E-state index in [-0.39, 0.29) is 16.3 Å². The van der Waals surface area contributed by atoms with E-state index >= 15 is 0 Å². The van der Waals surface area contributed by atoms with Gasteiger partial charge in [0.15, 0.2) is 0 Å². The predicted molar refractivity (Wildman–Crippen MR) is 74.4 cm³/mol. The first-order chi connectivity index (χ1) is 8.99. The van der Waals surface area contributed by atoms with E-state index in [9.17, 15) is 4.79 Å². The Morgan fingerprint density at radius 1 is 1.16 bits per heavy atom. The minimum absolute atomic E-state index is 0.0256. The fraction of sp³-hybridized carbons (Fsp3) is 0.133. The number of aryl methyl sites for hydroxylation is 2. The standard InChI is InChI=1S/C15H13ClO3/c1-9-6-7-11(8-10(9)2)19-13-5-3-4-12(16)14(13)15(17)18/h3-8H,1-2H3,(H,17,18). The van der Waals surface area contributed by atoms with E-state index < -0.39 is 5.97 Å². The lowest BCUT2D eigenvalue weighted by molar-refractivity contribution is 0.0694. The summed E-state index contributed by atoms with van der Waals surface area (Å²) >= 11 is 5.89. The quantitative estimate of drug-likeness (QED) is 0.901. The van der Waals surface area contributed by atoms with E-state index in [0.717, 1.165) is 11.1 Å². The third kappa shape index (κ3) is 2.88. The van der Waals surface area contributed by atoms with Crippen LogP contribution in [-0.4, -0.2) is 11.1 Å². The van der Waals surface area contributed by atoms with E-state index in [1.165, 1.54) is 6.07 Å². The molecule has 2 aromatic carbocycles. The maximum Gasteiger partial charge on any atom is 0.341 e. The Morgan fingerprint density at radius 3 is 2.53 bits per heavy atom. The van der Waals surface area contributed by atoms with Crippen LogP contribution in [0.5, 0.6) is 11.5 Å². The Kier molecular flexibility index (Phi) is 3.76. The van der Waals surface area contributed by atoms with Gasteiger partial charge < -0.3 is 9.84 Å². The normalized spacial score (nSPS) is 10.3. The van der Waals surface area contributed by atoms with Crippen molar-refractivity contribution in [3.8, 4) is 11.5 Å². The molecule has 0 radical (unpaired) electrons. The zero-order valence-electron chi connectivity index (χ0n) is 10.6. The highest BCUT2D eigenvalue weighted by Crippen LogP contribution is 2.31. The molecule has 0 aliphatic heterocycles. The van der Waals surface area contributed by atoms with Gasteiger partial charge in [0.2, 0.25) is 0 Å². The van der Waals surface area contributed by atoms with Gasteiger partial charge in [-0.15, -0.1) is 0 Å². The molecule has 4 heteroatoms. The Hall–Kier alpha value is -2.00. The summed E-state index contributed by atoms with van der Waals surface area (Å²) in [5, 5.41) is 9.32. The van der Waals surface area contributed by atoms with Crippen LogP contribution in [-0.2, 0) is 0 Å². The number of carbonyl (C=O) groups is 1. The molecular formula is C15H13ClO3. The van der Waals surface area contributed by atoms with Gasteiger partial charge in [0.05, 0.1) is 5.02 Å². The Bertz CT molecular complexity index is 635. The summed E-state index contributed by atoms with van der Waals surface area (Å²) in [4.78, 5) is 11.2. The number of hydrogen-bond donors (Lipinski definition) is 1. The van der Waals surface area contributed by atoms with Crippen LogP contribution >= 0.6 is 11.6 Å². The molecule has 0 aromatic heterocycles. The number of carboxylic acids is 1. The number of ether oxygens (including phenoxy) is 1. The molecule has 98 valence electrons. The zero-order chi connectivity index (χ0) is 14.0. The van der Waals surface area contributed by atoms with Crippen molar-refractivity contribution in [2.45, 2.75) is 13.8 Å². The zero-order valence-corrected chi connectivity index (χ0v) is 11.4. The van der Waals surface area contributed by atoms with Crippen molar-refractivity contribution in [3.63, 3.8) is 0 Å². The summed E-state index contributed by atoms with van der Waals surface area (Å²) < 4.78 is 5.62. The molecule has 1 N–H and O–H groups in total. The smallest absolute Gasteiger partial charge is 0.341 e. The first kappa shape index (κ1) is 13.4. The fourth-order valence-corrected chi connectivity index (χ4v) is 1.95. The summed E-state index contributed by atoms with van der Waals surface area (Å²) in [6, 6.07) is 10.4. The lowest BCUT2D eigenvalue weighted by Crippen LogP contribution is -2.01. The minimum Gasteiger partial charge on any atom is -0.478 e. The van der Waals surface area contributed by atoms with Gasteiger partial charge in [-0.3, -0.25) is 0 Å². The largest absolute Gasteiger partial charge is 0.478 e. The highest BCUT2D eigenvalue weighted by Gasteiger charge is 2.16. The molecule has 0 fully saturated rings. The third-order valence-corrected chi connectivity index (χ3v) is 3.21. The third-order valence-electron chi connectivity index (χ3n) is 2.90. The lowest BCUT2D eigenvalue weighted by Gasteiger charge is -2.11. The predicted octanol–water partition coefficient (Wildman–Crippen LogP) is 4.45. The van der Waals surface area contributed by atoms with E-state index in [1.807, 2.05) is 26.0 Å². The second-order valence-electron chi connectivity index (χ2n) is 4.27. The van der Waals surface area contributed by atoms with Gasteiger partial charge >= 0.3 is 5.97 Å². The molecule has 0 atom stereocenters. The van der Waals surface area contributed by atoms with E-state index in [4.69, 9.17) is 21.4 Å².